The van der Waals surface area contributed by atoms with Crippen LogP contribution in [0.2, 0.25) is 0 Å². The van der Waals surface area contributed by atoms with Crippen molar-refractivity contribution in [1.29, 1.82) is 0 Å². The normalized spacial score (nSPS) is 13.1. The van der Waals surface area contributed by atoms with E-state index in [4.69, 9.17) is 9.15 Å². The minimum atomic E-state index is 0.289. The largest absolute Gasteiger partial charge is 0.484 e. The van der Waals surface area contributed by atoms with Crippen molar-refractivity contribution < 1.29 is 9.15 Å². The lowest BCUT2D eigenvalue weighted by molar-refractivity contribution is 0.264. The van der Waals surface area contributed by atoms with Gasteiger partial charge in [-0.25, -0.2) is 0 Å². The highest BCUT2D eigenvalue weighted by Crippen LogP contribution is 2.26. The lowest BCUT2D eigenvalue weighted by Crippen LogP contribution is -1.96. The second kappa shape index (κ2) is 5.88. The molecule has 4 nitrogen and oxygen atoms in total. The van der Waals surface area contributed by atoms with Gasteiger partial charge < -0.3 is 9.15 Å². The molecule has 1 aliphatic carbocycles. The molecule has 0 saturated carbocycles. The molecule has 0 saturated heterocycles. The van der Waals surface area contributed by atoms with Crippen LogP contribution in [0.25, 0.3) is 11.5 Å². The smallest absolute Gasteiger partial charge is 0.254 e. The van der Waals surface area contributed by atoms with Crippen LogP contribution in [0.15, 0.2) is 46.9 Å². The molecule has 1 aromatic heterocycles. The van der Waals surface area contributed by atoms with E-state index >= 15 is 0 Å². The van der Waals surface area contributed by atoms with Crippen LogP contribution in [0, 0.1) is 6.92 Å². The predicted octanol–water partition coefficient (Wildman–Crippen LogP) is 4.11. The topological polar surface area (TPSA) is 48.2 Å². The zero-order valence-electron chi connectivity index (χ0n) is 13.1. The van der Waals surface area contributed by atoms with E-state index < -0.39 is 0 Å². The Morgan fingerprint density at radius 2 is 1.96 bits per heavy atom. The first-order valence-corrected chi connectivity index (χ1v) is 7.92. The molecule has 1 heterocycles. The standard InChI is InChI=1S/C19H18N2O2/c1-13-4-2-7-16(10-13)19-21-20-18(23-19)12-22-17-9-8-14-5-3-6-15(14)11-17/h2,4,7-11H,3,5-6,12H2,1H3. The average Bonchev–Trinajstić information content (AvgIpc) is 3.21. The van der Waals surface area contributed by atoms with Crippen molar-refractivity contribution in [1.82, 2.24) is 10.2 Å². The molecule has 0 radical (unpaired) electrons. The maximum atomic E-state index is 5.79. The van der Waals surface area contributed by atoms with E-state index in [1.807, 2.05) is 37.3 Å². The Kier molecular flexibility index (Phi) is 3.58. The fourth-order valence-electron chi connectivity index (χ4n) is 2.99. The first kappa shape index (κ1) is 14.0. The van der Waals surface area contributed by atoms with Gasteiger partial charge in [-0.15, -0.1) is 10.2 Å². The number of rotatable bonds is 4. The Labute approximate surface area is 135 Å². The van der Waals surface area contributed by atoms with Crippen LogP contribution in [0.4, 0.5) is 0 Å². The maximum Gasteiger partial charge on any atom is 0.254 e. The minimum absolute atomic E-state index is 0.289. The molecule has 0 spiro atoms. The zero-order valence-corrected chi connectivity index (χ0v) is 13.1. The van der Waals surface area contributed by atoms with Gasteiger partial charge in [-0.3, -0.25) is 0 Å². The van der Waals surface area contributed by atoms with E-state index in [2.05, 4.69) is 22.3 Å². The third-order valence-electron chi connectivity index (χ3n) is 4.16. The quantitative estimate of drug-likeness (QED) is 0.727. The number of hydrogen-bond acceptors (Lipinski definition) is 4. The molecule has 1 aliphatic rings. The van der Waals surface area contributed by atoms with Crippen LogP contribution >= 0.6 is 0 Å². The highest BCUT2D eigenvalue weighted by Gasteiger charge is 2.12. The molecule has 0 amide bonds. The highest BCUT2D eigenvalue weighted by atomic mass is 16.5. The second-order valence-electron chi connectivity index (χ2n) is 5.94. The SMILES string of the molecule is Cc1cccc(-c2nnc(COc3ccc4c(c3)CCC4)o2)c1. The van der Waals surface area contributed by atoms with Gasteiger partial charge >= 0.3 is 0 Å². The van der Waals surface area contributed by atoms with Gasteiger partial charge in [0.2, 0.25) is 5.89 Å². The molecule has 116 valence electrons. The molecule has 0 atom stereocenters. The minimum Gasteiger partial charge on any atom is -0.484 e. The summed E-state index contributed by atoms with van der Waals surface area (Å²) in [6, 6.07) is 14.3. The summed E-state index contributed by atoms with van der Waals surface area (Å²) >= 11 is 0. The molecular weight excluding hydrogens is 288 g/mol. The van der Waals surface area contributed by atoms with Gasteiger partial charge in [-0.2, -0.15) is 0 Å². The number of aromatic nitrogens is 2. The molecule has 3 aromatic rings. The van der Waals surface area contributed by atoms with Gasteiger partial charge in [0.25, 0.3) is 5.89 Å². The summed E-state index contributed by atoms with van der Waals surface area (Å²) in [7, 11) is 0. The number of benzene rings is 2. The van der Waals surface area contributed by atoms with Crippen LogP contribution in [0.3, 0.4) is 0 Å². The molecule has 2 aromatic carbocycles. The summed E-state index contributed by atoms with van der Waals surface area (Å²) in [5.41, 5.74) is 4.93. The molecular formula is C19H18N2O2. The van der Waals surface area contributed by atoms with E-state index in [0.717, 1.165) is 23.3 Å². The molecule has 0 bridgehead atoms. The van der Waals surface area contributed by atoms with Gasteiger partial charge in [0.1, 0.15) is 5.75 Å². The van der Waals surface area contributed by atoms with Crippen LogP contribution in [0.1, 0.15) is 29.0 Å². The van der Waals surface area contributed by atoms with Crippen molar-refractivity contribution in [2.75, 3.05) is 0 Å². The Hall–Kier alpha value is -2.62. The van der Waals surface area contributed by atoms with Crippen molar-refractivity contribution in [3.05, 3.63) is 65.0 Å². The summed E-state index contributed by atoms with van der Waals surface area (Å²) in [4.78, 5) is 0. The number of nitrogens with zero attached hydrogens (tertiary/aromatic N) is 2. The average molecular weight is 306 g/mol. The van der Waals surface area contributed by atoms with E-state index in [9.17, 15) is 0 Å². The van der Waals surface area contributed by atoms with Gasteiger partial charge in [0.05, 0.1) is 0 Å². The lowest BCUT2D eigenvalue weighted by Gasteiger charge is -2.05. The molecule has 0 N–H and O–H groups in total. The van der Waals surface area contributed by atoms with Crippen LogP contribution < -0.4 is 4.74 Å². The van der Waals surface area contributed by atoms with Gasteiger partial charge in [0.15, 0.2) is 6.61 Å². The van der Waals surface area contributed by atoms with Crippen molar-refractivity contribution in [2.24, 2.45) is 0 Å². The summed E-state index contributed by atoms with van der Waals surface area (Å²) in [6.07, 6.45) is 3.56. The van der Waals surface area contributed by atoms with E-state index in [0.29, 0.717) is 11.8 Å². The van der Waals surface area contributed by atoms with Gasteiger partial charge in [-0.1, -0.05) is 23.8 Å². The zero-order chi connectivity index (χ0) is 15.6. The lowest BCUT2D eigenvalue weighted by atomic mass is 10.1. The van der Waals surface area contributed by atoms with Crippen molar-refractivity contribution in [2.45, 2.75) is 32.8 Å². The fourth-order valence-corrected chi connectivity index (χ4v) is 2.99. The number of ether oxygens (including phenoxy) is 1. The Morgan fingerprint density at radius 3 is 2.87 bits per heavy atom. The summed E-state index contributed by atoms with van der Waals surface area (Å²) < 4.78 is 11.5. The second-order valence-corrected chi connectivity index (χ2v) is 5.94. The summed E-state index contributed by atoms with van der Waals surface area (Å²) in [5, 5.41) is 8.17. The molecule has 23 heavy (non-hydrogen) atoms. The van der Waals surface area contributed by atoms with Crippen LogP contribution in [-0.4, -0.2) is 10.2 Å². The van der Waals surface area contributed by atoms with Gasteiger partial charge in [0, 0.05) is 5.56 Å². The first-order valence-electron chi connectivity index (χ1n) is 7.92. The number of hydrogen-bond donors (Lipinski definition) is 0. The first-order chi connectivity index (χ1) is 11.3. The number of fused-ring (bicyclic) bond motifs is 1. The van der Waals surface area contributed by atoms with Gasteiger partial charge in [-0.05, 0) is 61.6 Å². The van der Waals surface area contributed by atoms with Crippen molar-refractivity contribution in [3.8, 4) is 17.2 Å². The molecule has 4 heteroatoms. The third kappa shape index (κ3) is 2.97. The summed E-state index contributed by atoms with van der Waals surface area (Å²) in [6.45, 7) is 2.33. The highest BCUT2D eigenvalue weighted by molar-refractivity contribution is 5.53. The van der Waals surface area contributed by atoms with Crippen LogP contribution in [-0.2, 0) is 19.4 Å². The molecule has 0 aliphatic heterocycles. The molecule has 4 rings (SSSR count). The van der Waals surface area contributed by atoms with Crippen LogP contribution in [0.5, 0.6) is 5.75 Å². The maximum absolute atomic E-state index is 5.79. The Bertz CT molecular complexity index is 839. The molecule has 0 fully saturated rings. The predicted molar refractivity (Wildman–Crippen MR) is 87.3 cm³/mol. The molecule has 0 unspecified atom stereocenters. The summed E-state index contributed by atoms with van der Waals surface area (Å²) in [5.74, 6) is 1.88. The fraction of sp³-hybridized carbons (Fsp3) is 0.263. The monoisotopic (exact) mass is 306 g/mol. The van der Waals surface area contributed by atoms with Crippen molar-refractivity contribution in [3.63, 3.8) is 0 Å². The van der Waals surface area contributed by atoms with E-state index in [-0.39, 0.29) is 6.61 Å². The third-order valence-corrected chi connectivity index (χ3v) is 4.16. The van der Waals surface area contributed by atoms with E-state index in [1.165, 1.54) is 24.0 Å². The Balaban J connectivity index is 1.46. The number of aryl methyl sites for hydroxylation is 3. The Morgan fingerprint density at radius 1 is 1.04 bits per heavy atom. The van der Waals surface area contributed by atoms with Crippen molar-refractivity contribution >= 4 is 0 Å². The van der Waals surface area contributed by atoms with E-state index in [1.54, 1.807) is 0 Å².